The van der Waals surface area contributed by atoms with E-state index in [1.165, 1.54) is 53.8 Å². The summed E-state index contributed by atoms with van der Waals surface area (Å²) >= 11 is 1.79. The highest BCUT2D eigenvalue weighted by atomic mass is 32.1. The molecule has 0 radical (unpaired) electrons. The van der Waals surface area contributed by atoms with Crippen LogP contribution in [0.3, 0.4) is 0 Å². The topological polar surface area (TPSA) is 12.4 Å². The molecular formula is C18H21NS. The molecule has 1 nitrogen and oxygen atoms in total. The fraction of sp³-hybridized carbons (Fsp3) is 0.389. The van der Waals surface area contributed by atoms with Crippen LogP contribution in [0, 0.1) is 6.92 Å². The third-order valence-corrected chi connectivity index (χ3v) is 4.84. The number of rotatable bonds is 3. The maximum Gasteiger partial charge on any atom is 0.0822 e. The fourth-order valence-corrected chi connectivity index (χ4v) is 3.54. The van der Waals surface area contributed by atoms with Crippen LogP contribution < -0.4 is 0 Å². The SMILES string of the molecule is Cc1ccc(C(=NC2CCCCC2)c2cccs2)cc1. The van der Waals surface area contributed by atoms with Crippen molar-refractivity contribution in [3.8, 4) is 0 Å². The van der Waals surface area contributed by atoms with Gasteiger partial charge < -0.3 is 0 Å². The first-order chi connectivity index (χ1) is 9.83. The minimum Gasteiger partial charge on any atom is -0.280 e. The third-order valence-electron chi connectivity index (χ3n) is 3.97. The summed E-state index contributed by atoms with van der Waals surface area (Å²) in [6.07, 6.45) is 6.55. The zero-order valence-corrected chi connectivity index (χ0v) is 12.8. The normalized spacial score (nSPS) is 17.4. The number of hydrogen-bond acceptors (Lipinski definition) is 2. The number of aryl methyl sites for hydroxylation is 1. The molecular weight excluding hydrogens is 262 g/mol. The summed E-state index contributed by atoms with van der Waals surface area (Å²) in [5.74, 6) is 0. The number of thiophene rings is 1. The van der Waals surface area contributed by atoms with Crippen molar-refractivity contribution in [1.82, 2.24) is 0 Å². The summed E-state index contributed by atoms with van der Waals surface area (Å²) in [5.41, 5.74) is 3.74. The molecule has 1 aliphatic carbocycles. The molecule has 0 N–H and O–H groups in total. The van der Waals surface area contributed by atoms with Crippen LogP contribution in [0.1, 0.15) is 48.1 Å². The highest BCUT2D eigenvalue weighted by molar-refractivity contribution is 7.12. The summed E-state index contributed by atoms with van der Waals surface area (Å²) in [7, 11) is 0. The molecule has 1 aromatic heterocycles. The Morgan fingerprint density at radius 2 is 1.80 bits per heavy atom. The first-order valence-electron chi connectivity index (χ1n) is 7.51. The van der Waals surface area contributed by atoms with Gasteiger partial charge in [0, 0.05) is 5.56 Å². The van der Waals surface area contributed by atoms with E-state index >= 15 is 0 Å². The second-order valence-electron chi connectivity index (χ2n) is 5.61. The van der Waals surface area contributed by atoms with Gasteiger partial charge in [0.1, 0.15) is 0 Å². The zero-order valence-electron chi connectivity index (χ0n) is 12.0. The van der Waals surface area contributed by atoms with E-state index < -0.39 is 0 Å². The van der Waals surface area contributed by atoms with Gasteiger partial charge in [0.25, 0.3) is 0 Å². The predicted octanol–water partition coefficient (Wildman–Crippen LogP) is 5.23. The standard InChI is InChI=1S/C18H21NS/c1-14-9-11-15(12-10-14)18(17-8-5-13-20-17)19-16-6-3-2-4-7-16/h5,8-13,16H,2-4,6-7H2,1H3. The Bertz CT molecular complexity index is 560. The van der Waals surface area contributed by atoms with Gasteiger partial charge in [-0.1, -0.05) is 55.2 Å². The van der Waals surface area contributed by atoms with E-state index in [2.05, 4.69) is 48.7 Å². The molecule has 3 rings (SSSR count). The molecule has 0 unspecified atom stereocenters. The smallest absolute Gasteiger partial charge is 0.0822 e. The van der Waals surface area contributed by atoms with Crippen LogP contribution in [0.4, 0.5) is 0 Å². The summed E-state index contributed by atoms with van der Waals surface area (Å²) in [4.78, 5) is 6.40. The minimum atomic E-state index is 0.516. The maximum absolute atomic E-state index is 5.10. The number of aliphatic imine (C=N–C) groups is 1. The van der Waals surface area contributed by atoms with Crippen molar-refractivity contribution in [3.05, 3.63) is 57.8 Å². The van der Waals surface area contributed by atoms with Crippen molar-refractivity contribution >= 4 is 17.0 Å². The van der Waals surface area contributed by atoms with Gasteiger partial charge in [-0.3, -0.25) is 4.99 Å². The average Bonchev–Trinajstić information content (AvgIpc) is 3.01. The molecule has 2 heteroatoms. The van der Waals surface area contributed by atoms with E-state index in [4.69, 9.17) is 4.99 Å². The first kappa shape index (κ1) is 13.6. The lowest BCUT2D eigenvalue weighted by Gasteiger charge is -2.19. The molecule has 1 saturated carbocycles. The van der Waals surface area contributed by atoms with Gasteiger partial charge >= 0.3 is 0 Å². The van der Waals surface area contributed by atoms with Gasteiger partial charge in [-0.2, -0.15) is 0 Å². The maximum atomic E-state index is 5.10. The Kier molecular flexibility index (Phi) is 4.31. The zero-order chi connectivity index (χ0) is 13.8. The average molecular weight is 283 g/mol. The van der Waals surface area contributed by atoms with Crippen LogP contribution in [-0.2, 0) is 0 Å². The van der Waals surface area contributed by atoms with Gasteiger partial charge in [-0.05, 0) is 31.2 Å². The van der Waals surface area contributed by atoms with E-state index in [9.17, 15) is 0 Å². The van der Waals surface area contributed by atoms with E-state index in [0.717, 1.165) is 0 Å². The molecule has 1 heterocycles. The summed E-state index contributed by atoms with van der Waals surface area (Å²) in [6.45, 7) is 2.13. The van der Waals surface area contributed by atoms with E-state index in [-0.39, 0.29) is 0 Å². The van der Waals surface area contributed by atoms with Crippen molar-refractivity contribution in [3.63, 3.8) is 0 Å². The summed E-state index contributed by atoms with van der Waals surface area (Å²) in [5, 5.41) is 2.14. The van der Waals surface area contributed by atoms with Gasteiger partial charge in [-0.15, -0.1) is 11.3 Å². The molecule has 1 fully saturated rings. The van der Waals surface area contributed by atoms with E-state index in [0.29, 0.717) is 6.04 Å². The summed E-state index contributed by atoms with van der Waals surface area (Å²) in [6, 6.07) is 13.6. The number of nitrogens with zero attached hydrogens (tertiary/aromatic N) is 1. The molecule has 0 spiro atoms. The molecule has 20 heavy (non-hydrogen) atoms. The van der Waals surface area contributed by atoms with Crippen LogP contribution in [0.5, 0.6) is 0 Å². The highest BCUT2D eigenvalue weighted by Gasteiger charge is 2.15. The van der Waals surface area contributed by atoms with Gasteiger partial charge in [0.2, 0.25) is 0 Å². The molecule has 0 bridgehead atoms. The van der Waals surface area contributed by atoms with Gasteiger partial charge in [-0.25, -0.2) is 0 Å². The van der Waals surface area contributed by atoms with Crippen molar-refractivity contribution in [2.24, 2.45) is 4.99 Å². The Balaban J connectivity index is 1.95. The third kappa shape index (κ3) is 3.18. The lowest BCUT2D eigenvalue weighted by atomic mass is 9.95. The molecule has 0 atom stereocenters. The quantitative estimate of drug-likeness (QED) is 0.684. The van der Waals surface area contributed by atoms with Crippen LogP contribution in [-0.4, -0.2) is 11.8 Å². The van der Waals surface area contributed by atoms with Crippen LogP contribution in [0.15, 0.2) is 46.8 Å². The first-order valence-corrected chi connectivity index (χ1v) is 8.39. The molecule has 2 aromatic rings. The molecule has 1 aliphatic rings. The highest BCUT2D eigenvalue weighted by Crippen LogP contribution is 2.24. The van der Waals surface area contributed by atoms with Crippen LogP contribution in [0.25, 0.3) is 0 Å². The largest absolute Gasteiger partial charge is 0.280 e. The second-order valence-corrected chi connectivity index (χ2v) is 6.56. The fourth-order valence-electron chi connectivity index (χ4n) is 2.80. The Labute approximate surface area is 125 Å². The van der Waals surface area contributed by atoms with Gasteiger partial charge in [0.15, 0.2) is 0 Å². The lowest BCUT2D eigenvalue weighted by molar-refractivity contribution is 0.444. The molecule has 0 saturated heterocycles. The Morgan fingerprint density at radius 1 is 1.05 bits per heavy atom. The van der Waals surface area contributed by atoms with Crippen molar-refractivity contribution in [2.45, 2.75) is 45.1 Å². The van der Waals surface area contributed by atoms with Crippen molar-refractivity contribution in [1.29, 1.82) is 0 Å². The van der Waals surface area contributed by atoms with E-state index in [1.807, 2.05) is 0 Å². The van der Waals surface area contributed by atoms with E-state index in [1.54, 1.807) is 11.3 Å². The molecule has 0 amide bonds. The molecule has 1 aromatic carbocycles. The van der Waals surface area contributed by atoms with Crippen molar-refractivity contribution in [2.75, 3.05) is 0 Å². The minimum absolute atomic E-state index is 0.516. The summed E-state index contributed by atoms with van der Waals surface area (Å²) < 4.78 is 0. The van der Waals surface area contributed by atoms with Crippen LogP contribution >= 0.6 is 11.3 Å². The van der Waals surface area contributed by atoms with Crippen molar-refractivity contribution < 1.29 is 0 Å². The van der Waals surface area contributed by atoms with Gasteiger partial charge in [0.05, 0.1) is 16.6 Å². The number of hydrogen-bond donors (Lipinski definition) is 0. The number of benzene rings is 1. The van der Waals surface area contributed by atoms with Crippen LogP contribution in [0.2, 0.25) is 0 Å². The second kappa shape index (κ2) is 6.36. The predicted molar refractivity (Wildman–Crippen MR) is 88.0 cm³/mol. The molecule has 0 aliphatic heterocycles. The lowest BCUT2D eigenvalue weighted by Crippen LogP contribution is -2.14. The Morgan fingerprint density at radius 3 is 2.45 bits per heavy atom. The Hall–Kier alpha value is -1.41. The molecule has 104 valence electrons. The monoisotopic (exact) mass is 283 g/mol.